The van der Waals surface area contributed by atoms with Crippen LogP contribution in [-0.2, 0) is 5.41 Å². The van der Waals surface area contributed by atoms with E-state index in [0.717, 1.165) is 11.4 Å². The van der Waals surface area contributed by atoms with Crippen molar-refractivity contribution in [2.24, 2.45) is 0 Å². The second-order valence-electron chi connectivity index (χ2n) is 12.4. The fourth-order valence-electron chi connectivity index (χ4n) is 7.58. The van der Waals surface area contributed by atoms with Crippen LogP contribution in [0.4, 0.5) is 17.1 Å². The molecule has 0 amide bonds. The molecule has 1 aliphatic rings. The van der Waals surface area contributed by atoms with Crippen LogP contribution in [0.25, 0.3) is 21.9 Å². The number of hydrogen-bond acceptors (Lipinski definition) is 1. The number of nitrogens with zero attached hydrogens (tertiary/aromatic N) is 1. The van der Waals surface area contributed by atoms with Gasteiger partial charge in [-0.15, -0.1) is 0 Å². The highest BCUT2D eigenvalue weighted by atomic mass is 15.1. The quantitative estimate of drug-likeness (QED) is 0.197. The summed E-state index contributed by atoms with van der Waals surface area (Å²) in [7, 11) is 0. The Labute approximate surface area is 266 Å². The van der Waals surface area contributed by atoms with E-state index in [9.17, 15) is 0 Å². The highest BCUT2D eigenvalue weighted by molar-refractivity contribution is 6.11. The first kappa shape index (κ1) is 27.2. The molecule has 0 saturated heterocycles. The van der Waals surface area contributed by atoms with Gasteiger partial charge in [0.2, 0.25) is 0 Å². The van der Waals surface area contributed by atoms with Crippen LogP contribution in [0, 0.1) is 20.8 Å². The number of rotatable bonds is 5. The second kappa shape index (κ2) is 10.6. The molecule has 45 heavy (non-hydrogen) atoms. The number of aryl methyl sites for hydroxylation is 3. The Bertz CT molecular complexity index is 2110. The number of anilines is 3. The predicted octanol–water partition coefficient (Wildman–Crippen LogP) is 11.6. The van der Waals surface area contributed by atoms with Gasteiger partial charge in [0, 0.05) is 16.8 Å². The van der Waals surface area contributed by atoms with Crippen molar-refractivity contribution in [1.82, 2.24) is 0 Å². The Morgan fingerprint density at radius 1 is 0.422 bits per heavy atom. The first-order chi connectivity index (χ1) is 22.1. The summed E-state index contributed by atoms with van der Waals surface area (Å²) in [5, 5.41) is 2.51. The lowest BCUT2D eigenvalue weighted by Crippen LogP contribution is -2.29. The van der Waals surface area contributed by atoms with Gasteiger partial charge >= 0.3 is 0 Å². The van der Waals surface area contributed by atoms with Crippen LogP contribution >= 0.6 is 0 Å². The SMILES string of the molecule is Cc1cccc(N(c2cccc(C)c2)c2cc3c(c4ccccc24)-c2ccc(C)cc2C3(c2ccccc2)c2ccccc2)c1. The number of hydrogen-bond donors (Lipinski definition) is 0. The molecule has 0 aromatic heterocycles. The summed E-state index contributed by atoms with van der Waals surface area (Å²) >= 11 is 0. The summed E-state index contributed by atoms with van der Waals surface area (Å²) < 4.78 is 0. The molecule has 0 spiro atoms. The maximum atomic E-state index is 2.50. The highest BCUT2D eigenvalue weighted by Gasteiger charge is 2.47. The zero-order valence-corrected chi connectivity index (χ0v) is 26.0. The molecule has 216 valence electrons. The molecule has 0 saturated carbocycles. The zero-order valence-electron chi connectivity index (χ0n) is 26.0. The average molecular weight is 578 g/mol. The van der Waals surface area contributed by atoms with Crippen LogP contribution < -0.4 is 4.90 Å². The van der Waals surface area contributed by atoms with Crippen LogP contribution in [0.2, 0.25) is 0 Å². The van der Waals surface area contributed by atoms with Gasteiger partial charge in [-0.1, -0.05) is 133 Å². The number of fused-ring (bicyclic) bond motifs is 5. The minimum Gasteiger partial charge on any atom is -0.310 e. The monoisotopic (exact) mass is 577 g/mol. The summed E-state index contributed by atoms with van der Waals surface area (Å²) in [5.74, 6) is 0. The van der Waals surface area contributed by atoms with Crippen LogP contribution in [-0.4, -0.2) is 0 Å². The summed E-state index contributed by atoms with van der Waals surface area (Å²) in [4.78, 5) is 2.46. The molecular weight excluding hydrogens is 542 g/mol. The van der Waals surface area contributed by atoms with Crippen molar-refractivity contribution in [2.75, 3.05) is 4.90 Å². The van der Waals surface area contributed by atoms with Crippen molar-refractivity contribution >= 4 is 27.8 Å². The van der Waals surface area contributed by atoms with E-state index in [-0.39, 0.29) is 0 Å². The van der Waals surface area contributed by atoms with Gasteiger partial charge in [-0.25, -0.2) is 0 Å². The highest BCUT2D eigenvalue weighted by Crippen LogP contribution is 2.59. The topological polar surface area (TPSA) is 3.24 Å². The molecule has 1 heteroatoms. The number of benzene rings is 7. The lowest BCUT2D eigenvalue weighted by Gasteiger charge is -2.35. The molecule has 1 nitrogen and oxygen atoms in total. The lowest BCUT2D eigenvalue weighted by atomic mass is 9.67. The Hall–Kier alpha value is -5.40. The molecular formula is C44H35N. The Morgan fingerprint density at radius 3 is 1.53 bits per heavy atom. The van der Waals surface area contributed by atoms with E-state index in [4.69, 9.17) is 0 Å². The summed E-state index contributed by atoms with van der Waals surface area (Å²) in [6, 6.07) is 58.5. The van der Waals surface area contributed by atoms with Crippen LogP contribution in [0.1, 0.15) is 38.9 Å². The van der Waals surface area contributed by atoms with Gasteiger partial charge in [0.1, 0.15) is 0 Å². The van der Waals surface area contributed by atoms with E-state index in [0.29, 0.717) is 0 Å². The second-order valence-corrected chi connectivity index (χ2v) is 12.4. The minimum absolute atomic E-state index is 0.483. The summed E-state index contributed by atoms with van der Waals surface area (Å²) in [6.45, 7) is 6.56. The maximum absolute atomic E-state index is 2.50. The Morgan fingerprint density at radius 2 is 0.956 bits per heavy atom. The van der Waals surface area contributed by atoms with Crippen molar-refractivity contribution in [3.05, 3.63) is 197 Å². The molecule has 0 unspecified atom stereocenters. The largest absolute Gasteiger partial charge is 0.310 e. The van der Waals surface area contributed by atoms with E-state index < -0.39 is 5.41 Å². The average Bonchev–Trinajstić information content (AvgIpc) is 3.36. The standard InChI is InChI=1S/C44H35N/c1-30-14-12-20-35(26-30)45(36-21-13-15-31(2)27-36)42-29-41-43(38-23-11-10-22-37(38)42)39-25-24-32(3)28-40(39)44(41,33-16-6-4-7-17-33)34-18-8-5-9-19-34/h4-29H,1-3H3. The smallest absolute Gasteiger partial charge is 0.0714 e. The summed E-state index contributed by atoms with van der Waals surface area (Å²) in [6.07, 6.45) is 0. The van der Waals surface area contributed by atoms with Gasteiger partial charge in [0.05, 0.1) is 11.1 Å². The molecule has 0 fully saturated rings. The first-order valence-corrected chi connectivity index (χ1v) is 15.8. The van der Waals surface area contributed by atoms with Crippen molar-refractivity contribution in [2.45, 2.75) is 26.2 Å². The van der Waals surface area contributed by atoms with Crippen LogP contribution in [0.3, 0.4) is 0 Å². The molecule has 0 heterocycles. The Kier molecular flexibility index (Phi) is 6.43. The molecule has 0 aliphatic heterocycles. The zero-order chi connectivity index (χ0) is 30.5. The van der Waals surface area contributed by atoms with Gasteiger partial charge in [-0.2, -0.15) is 0 Å². The molecule has 0 bridgehead atoms. The molecule has 0 radical (unpaired) electrons. The third-order valence-corrected chi connectivity index (χ3v) is 9.45. The molecule has 7 aromatic carbocycles. The summed E-state index contributed by atoms with van der Waals surface area (Å²) in [5.41, 5.74) is 14.6. The molecule has 0 atom stereocenters. The minimum atomic E-state index is -0.483. The van der Waals surface area contributed by atoms with Gasteiger partial charge < -0.3 is 4.90 Å². The van der Waals surface area contributed by atoms with E-state index in [1.807, 2.05) is 0 Å². The lowest BCUT2D eigenvalue weighted by molar-refractivity contribution is 0.768. The van der Waals surface area contributed by atoms with E-state index in [2.05, 4.69) is 183 Å². The molecule has 1 aliphatic carbocycles. The van der Waals surface area contributed by atoms with Crippen molar-refractivity contribution < 1.29 is 0 Å². The van der Waals surface area contributed by atoms with Crippen molar-refractivity contribution in [3.63, 3.8) is 0 Å². The fraction of sp³-hybridized carbons (Fsp3) is 0.0909. The van der Waals surface area contributed by atoms with Crippen molar-refractivity contribution in [3.8, 4) is 11.1 Å². The first-order valence-electron chi connectivity index (χ1n) is 15.8. The predicted molar refractivity (Wildman–Crippen MR) is 190 cm³/mol. The fourth-order valence-corrected chi connectivity index (χ4v) is 7.58. The normalized spacial score (nSPS) is 13.0. The molecule has 8 rings (SSSR count). The Balaban J connectivity index is 1.56. The third-order valence-electron chi connectivity index (χ3n) is 9.45. The van der Waals surface area contributed by atoms with E-state index >= 15 is 0 Å². The van der Waals surface area contributed by atoms with Crippen LogP contribution in [0.15, 0.2) is 158 Å². The van der Waals surface area contributed by atoms with Gasteiger partial charge in [-0.3, -0.25) is 0 Å². The van der Waals surface area contributed by atoms with Gasteiger partial charge in [0.25, 0.3) is 0 Å². The maximum Gasteiger partial charge on any atom is 0.0714 e. The van der Waals surface area contributed by atoms with E-state index in [1.165, 1.54) is 66.5 Å². The third kappa shape index (κ3) is 4.23. The molecule has 7 aromatic rings. The van der Waals surface area contributed by atoms with Crippen LogP contribution in [0.5, 0.6) is 0 Å². The van der Waals surface area contributed by atoms with Crippen molar-refractivity contribution in [1.29, 1.82) is 0 Å². The van der Waals surface area contributed by atoms with Gasteiger partial charge in [-0.05, 0) is 101 Å². The van der Waals surface area contributed by atoms with E-state index in [1.54, 1.807) is 0 Å². The molecule has 0 N–H and O–H groups in total. The van der Waals surface area contributed by atoms with Gasteiger partial charge in [0.15, 0.2) is 0 Å².